The molecule has 78 valence electrons. The van der Waals surface area contributed by atoms with Crippen molar-refractivity contribution in [1.29, 1.82) is 0 Å². The van der Waals surface area contributed by atoms with Crippen LogP contribution < -0.4 is 0 Å². The number of hydrogen-bond acceptors (Lipinski definition) is 2. The highest BCUT2D eigenvalue weighted by Gasteiger charge is 2.09. The molecule has 0 bridgehead atoms. The molecule has 2 nitrogen and oxygen atoms in total. The van der Waals surface area contributed by atoms with E-state index in [9.17, 15) is 0 Å². The lowest BCUT2D eigenvalue weighted by Crippen LogP contribution is -2.09. The molecule has 0 aliphatic carbocycles. The zero-order valence-corrected chi connectivity index (χ0v) is 9.36. The molecule has 0 unspecified atom stereocenters. The number of hydrogen-bond donors (Lipinski definition) is 1. The van der Waals surface area contributed by atoms with Crippen molar-refractivity contribution in [3.8, 4) is 0 Å². The summed E-state index contributed by atoms with van der Waals surface area (Å²) < 4.78 is 0. The highest BCUT2D eigenvalue weighted by atomic mass is 16.2. The molecule has 2 heteroatoms. The van der Waals surface area contributed by atoms with Gasteiger partial charge in [-0.15, -0.1) is 0 Å². The van der Waals surface area contributed by atoms with Gasteiger partial charge in [-0.2, -0.15) is 0 Å². The molecule has 0 amide bonds. The Bertz CT molecular complexity index is 270. The van der Waals surface area contributed by atoms with Gasteiger partial charge in [-0.05, 0) is 13.0 Å². The third-order valence-corrected chi connectivity index (χ3v) is 1.62. The Kier molecular flexibility index (Phi) is 5.61. The van der Waals surface area contributed by atoms with Gasteiger partial charge in [0, 0.05) is 18.7 Å². The number of aliphatic imine (C=N–C) groups is 1. The SMILES string of the molecule is CN=CC(C)(C)\C=C(C)/C=C\C=C\O. The average Bonchev–Trinajstić information content (AvgIpc) is 2.03. The zero-order valence-electron chi connectivity index (χ0n) is 9.36. The lowest BCUT2D eigenvalue weighted by molar-refractivity contribution is 0.474. The van der Waals surface area contributed by atoms with Gasteiger partial charge in [0.1, 0.15) is 0 Å². The Hall–Kier alpha value is -1.31. The minimum Gasteiger partial charge on any atom is -0.516 e. The second-order valence-corrected chi connectivity index (χ2v) is 3.80. The number of aliphatic hydroxyl groups excluding tert-OH is 1. The maximum Gasteiger partial charge on any atom is 0.0791 e. The van der Waals surface area contributed by atoms with Crippen LogP contribution in [0.15, 0.2) is 41.1 Å². The summed E-state index contributed by atoms with van der Waals surface area (Å²) in [5, 5.41) is 8.42. The van der Waals surface area contributed by atoms with E-state index in [1.165, 1.54) is 0 Å². The predicted molar refractivity (Wildman–Crippen MR) is 62.9 cm³/mol. The summed E-state index contributed by atoms with van der Waals surface area (Å²) in [4.78, 5) is 4.01. The number of allylic oxidation sites excluding steroid dienone is 5. The lowest BCUT2D eigenvalue weighted by atomic mass is 9.92. The lowest BCUT2D eigenvalue weighted by Gasteiger charge is -2.13. The molecule has 0 aromatic rings. The molecule has 0 atom stereocenters. The third kappa shape index (κ3) is 6.23. The summed E-state index contributed by atoms with van der Waals surface area (Å²) in [7, 11) is 1.77. The van der Waals surface area contributed by atoms with Crippen LogP contribution in [0.3, 0.4) is 0 Å². The molecule has 14 heavy (non-hydrogen) atoms. The molecule has 0 heterocycles. The molecule has 0 aliphatic rings. The van der Waals surface area contributed by atoms with Gasteiger partial charge in [0.25, 0.3) is 0 Å². The summed E-state index contributed by atoms with van der Waals surface area (Å²) in [5.74, 6) is 0. The zero-order chi connectivity index (χ0) is 11.0. The Labute approximate surface area is 86.4 Å². The van der Waals surface area contributed by atoms with Gasteiger partial charge in [0.2, 0.25) is 0 Å². The first-order chi connectivity index (χ1) is 6.52. The monoisotopic (exact) mass is 193 g/mol. The van der Waals surface area contributed by atoms with Crippen LogP contribution in [0.4, 0.5) is 0 Å². The average molecular weight is 193 g/mol. The summed E-state index contributed by atoms with van der Waals surface area (Å²) >= 11 is 0. The van der Waals surface area contributed by atoms with Gasteiger partial charge in [-0.1, -0.05) is 37.6 Å². The van der Waals surface area contributed by atoms with Crippen molar-refractivity contribution in [2.45, 2.75) is 20.8 Å². The van der Waals surface area contributed by atoms with E-state index in [-0.39, 0.29) is 5.41 Å². The largest absolute Gasteiger partial charge is 0.516 e. The van der Waals surface area contributed by atoms with Gasteiger partial charge >= 0.3 is 0 Å². The van der Waals surface area contributed by atoms with Crippen LogP contribution in [-0.2, 0) is 0 Å². The highest BCUT2D eigenvalue weighted by Crippen LogP contribution is 2.16. The first-order valence-corrected chi connectivity index (χ1v) is 4.62. The Morgan fingerprint density at radius 2 is 1.93 bits per heavy atom. The van der Waals surface area contributed by atoms with Gasteiger partial charge in [0.05, 0.1) is 6.26 Å². The maximum atomic E-state index is 8.42. The summed E-state index contributed by atoms with van der Waals surface area (Å²) in [5.41, 5.74) is 1.12. The van der Waals surface area contributed by atoms with Crippen LogP contribution in [0.2, 0.25) is 0 Å². The fourth-order valence-electron chi connectivity index (χ4n) is 1.26. The standard InChI is InChI=1S/C12H19NO/c1-11(7-5-6-8-14)9-12(2,3)10-13-4/h5-10,14H,1-4H3/b7-5-,8-6+,11-9-,13-10?. The quantitative estimate of drug-likeness (QED) is 0.415. The molecule has 0 aliphatic heterocycles. The van der Waals surface area contributed by atoms with Gasteiger partial charge in [0.15, 0.2) is 0 Å². The first kappa shape index (κ1) is 12.7. The molecule has 0 aromatic heterocycles. The van der Waals surface area contributed by atoms with Crippen molar-refractivity contribution in [3.05, 3.63) is 36.1 Å². The molecule has 0 saturated heterocycles. The van der Waals surface area contributed by atoms with Crippen molar-refractivity contribution < 1.29 is 5.11 Å². The summed E-state index contributed by atoms with van der Waals surface area (Å²) in [6, 6.07) is 0. The third-order valence-electron chi connectivity index (χ3n) is 1.62. The summed E-state index contributed by atoms with van der Waals surface area (Å²) in [6.45, 7) is 6.21. The molecule has 0 spiro atoms. The summed E-state index contributed by atoms with van der Waals surface area (Å²) in [6.07, 6.45) is 10.4. The van der Waals surface area contributed by atoms with Crippen molar-refractivity contribution in [3.63, 3.8) is 0 Å². The van der Waals surface area contributed by atoms with Crippen molar-refractivity contribution >= 4 is 6.21 Å². The van der Waals surface area contributed by atoms with E-state index < -0.39 is 0 Å². The Balaban J connectivity index is 4.50. The normalized spacial score (nSPS) is 15.0. The molecule has 0 radical (unpaired) electrons. The Morgan fingerprint density at radius 3 is 2.43 bits per heavy atom. The number of aliphatic hydroxyl groups is 1. The van der Waals surface area contributed by atoms with Crippen LogP contribution in [0.25, 0.3) is 0 Å². The van der Waals surface area contributed by atoms with Crippen LogP contribution in [0.1, 0.15) is 20.8 Å². The second kappa shape index (κ2) is 6.19. The van der Waals surface area contributed by atoms with Gasteiger partial charge < -0.3 is 5.11 Å². The van der Waals surface area contributed by atoms with E-state index >= 15 is 0 Å². The van der Waals surface area contributed by atoms with Gasteiger partial charge in [-0.25, -0.2) is 0 Å². The molecular formula is C12H19NO. The maximum absolute atomic E-state index is 8.42. The van der Waals surface area contributed by atoms with Crippen molar-refractivity contribution in [2.75, 3.05) is 7.05 Å². The van der Waals surface area contributed by atoms with Crippen LogP contribution in [-0.4, -0.2) is 18.4 Å². The van der Waals surface area contributed by atoms with Crippen LogP contribution in [0, 0.1) is 5.41 Å². The molecule has 0 rings (SSSR count). The van der Waals surface area contributed by atoms with Crippen LogP contribution in [0.5, 0.6) is 0 Å². The van der Waals surface area contributed by atoms with Crippen molar-refractivity contribution in [1.82, 2.24) is 0 Å². The van der Waals surface area contributed by atoms with E-state index in [0.717, 1.165) is 11.8 Å². The topological polar surface area (TPSA) is 32.6 Å². The fraction of sp³-hybridized carbons (Fsp3) is 0.417. The minimum atomic E-state index is -0.0217. The van der Waals surface area contributed by atoms with E-state index in [1.807, 2.05) is 19.2 Å². The Morgan fingerprint density at radius 1 is 1.29 bits per heavy atom. The molecule has 0 aromatic carbocycles. The number of rotatable bonds is 4. The predicted octanol–water partition coefficient (Wildman–Crippen LogP) is 3.29. The smallest absolute Gasteiger partial charge is 0.0791 e. The molecule has 0 fully saturated rings. The van der Waals surface area contributed by atoms with Gasteiger partial charge in [-0.3, -0.25) is 4.99 Å². The van der Waals surface area contributed by atoms with E-state index in [0.29, 0.717) is 0 Å². The minimum absolute atomic E-state index is 0.0217. The van der Waals surface area contributed by atoms with E-state index in [4.69, 9.17) is 5.11 Å². The number of nitrogens with zero attached hydrogens (tertiary/aromatic N) is 1. The van der Waals surface area contributed by atoms with E-state index in [1.54, 1.807) is 19.2 Å². The fourth-order valence-corrected chi connectivity index (χ4v) is 1.26. The van der Waals surface area contributed by atoms with Crippen molar-refractivity contribution in [2.24, 2.45) is 10.4 Å². The molecular weight excluding hydrogens is 174 g/mol. The second-order valence-electron chi connectivity index (χ2n) is 3.80. The highest BCUT2D eigenvalue weighted by molar-refractivity contribution is 5.67. The van der Waals surface area contributed by atoms with Crippen LogP contribution >= 0.6 is 0 Å². The van der Waals surface area contributed by atoms with E-state index in [2.05, 4.69) is 24.9 Å². The first-order valence-electron chi connectivity index (χ1n) is 4.62. The molecule has 0 saturated carbocycles. The molecule has 1 N–H and O–H groups in total.